The fraction of sp³-hybridized carbons (Fsp3) is 0.357. The topological polar surface area (TPSA) is 48.3 Å². The van der Waals surface area contributed by atoms with Gasteiger partial charge in [0.1, 0.15) is 11.5 Å². The van der Waals surface area contributed by atoms with Crippen molar-refractivity contribution in [3.63, 3.8) is 0 Å². The molecule has 1 aromatic heterocycles. The number of aromatic nitrogens is 2. The molecule has 2 aromatic rings. The minimum atomic E-state index is 0.727. The molecule has 0 aliphatic heterocycles. The fourth-order valence-electron chi connectivity index (χ4n) is 1.94. The van der Waals surface area contributed by atoms with Crippen LogP contribution in [0.1, 0.15) is 11.3 Å². The van der Waals surface area contributed by atoms with Crippen LogP contribution in [0.3, 0.4) is 0 Å². The first kappa shape index (κ1) is 13.4. The zero-order chi connectivity index (χ0) is 13.8. The van der Waals surface area contributed by atoms with Gasteiger partial charge in [0.25, 0.3) is 0 Å². The summed E-state index contributed by atoms with van der Waals surface area (Å²) in [6.07, 6.45) is 0. The average molecular weight is 261 g/mol. The van der Waals surface area contributed by atoms with E-state index in [4.69, 9.17) is 9.47 Å². The van der Waals surface area contributed by atoms with Crippen LogP contribution in [0.15, 0.2) is 24.3 Å². The Bertz CT molecular complexity index is 547. The SMILES string of the molecule is CNCc1c(C)nn(C)c1Oc1ccc(OC)cc1. The molecule has 0 spiro atoms. The maximum Gasteiger partial charge on any atom is 0.222 e. The van der Waals surface area contributed by atoms with Gasteiger partial charge in [-0.15, -0.1) is 0 Å². The van der Waals surface area contributed by atoms with Crippen LogP contribution in [0, 0.1) is 6.92 Å². The molecule has 0 fully saturated rings. The molecule has 1 N–H and O–H groups in total. The van der Waals surface area contributed by atoms with E-state index in [9.17, 15) is 0 Å². The van der Waals surface area contributed by atoms with Gasteiger partial charge in [-0.1, -0.05) is 0 Å². The van der Waals surface area contributed by atoms with Crippen LogP contribution in [-0.4, -0.2) is 23.9 Å². The van der Waals surface area contributed by atoms with Gasteiger partial charge < -0.3 is 14.8 Å². The molecule has 0 radical (unpaired) electrons. The Morgan fingerprint density at radius 3 is 2.42 bits per heavy atom. The molecule has 0 saturated heterocycles. The van der Waals surface area contributed by atoms with Gasteiger partial charge in [-0.3, -0.25) is 0 Å². The Morgan fingerprint density at radius 1 is 1.21 bits per heavy atom. The quantitative estimate of drug-likeness (QED) is 0.896. The van der Waals surface area contributed by atoms with Crippen LogP contribution in [0.4, 0.5) is 0 Å². The highest BCUT2D eigenvalue weighted by atomic mass is 16.5. The van der Waals surface area contributed by atoms with Gasteiger partial charge in [0.2, 0.25) is 5.88 Å². The first-order valence-corrected chi connectivity index (χ1v) is 6.14. The summed E-state index contributed by atoms with van der Waals surface area (Å²) in [6, 6.07) is 7.50. The van der Waals surface area contributed by atoms with Crippen LogP contribution in [0.25, 0.3) is 0 Å². The number of nitrogens with zero attached hydrogens (tertiary/aromatic N) is 2. The summed E-state index contributed by atoms with van der Waals surface area (Å²) in [5.74, 6) is 2.34. The first-order chi connectivity index (χ1) is 9.15. The van der Waals surface area contributed by atoms with Gasteiger partial charge in [0.05, 0.1) is 18.4 Å². The molecule has 0 aliphatic carbocycles. The number of hydrogen-bond donors (Lipinski definition) is 1. The van der Waals surface area contributed by atoms with E-state index in [2.05, 4.69) is 10.4 Å². The van der Waals surface area contributed by atoms with Crippen LogP contribution < -0.4 is 14.8 Å². The molecule has 0 bridgehead atoms. The lowest BCUT2D eigenvalue weighted by molar-refractivity contribution is 0.408. The highest BCUT2D eigenvalue weighted by Gasteiger charge is 2.14. The van der Waals surface area contributed by atoms with E-state index in [0.29, 0.717) is 0 Å². The Kier molecular flexibility index (Phi) is 4.06. The third-order valence-corrected chi connectivity index (χ3v) is 2.92. The van der Waals surface area contributed by atoms with E-state index in [1.807, 2.05) is 45.3 Å². The first-order valence-electron chi connectivity index (χ1n) is 6.14. The summed E-state index contributed by atoms with van der Waals surface area (Å²) < 4.78 is 12.8. The molecule has 5 nitrogen and oxygen atoms in total. The van der Waals surface area contributed by atoms with Crippen molar-refractivity contribution < 1.29 is 9.47 Å². The number of rotatable bonds is 5. The number of methoxy groups -OCH3 is 1. The number of benzene rings is 1. The monoisotopic (exact) mass is 261 g/mol. The number of hydrogen-bond acceptors (Lipinski definition) is 4. The molecule has 1 aromatic carbocycles. The Hall–Kier alpha value is -2.01. The van der Waals surface area contributed by atoms with E-state index < -0.39 is 0 Å². The average Bonchev–Trinajstić information content (AvgIpc) is 2.67. The molecule has 0 unspecified atom stereocenters. The van der Waals surface area contributed by atoms with Crippen molar-refractivity contribution >= 4 is 0 Å². The summed E-state index contributed by atoms with van der Waals surface area (Å²) in [7, 11) is 5.43. The maximum atomic E-state index is 5.92. The molecular weight excluding hydrogens is 242 g/mol. The predicted octanol–water partition coefficient (Wildman–Crippen LogP) is 2.25. The van der Waals surface area contributed by atoms with Crippen molar-refractivity contribution in [2.75, 3.05) is 14.2 Å². The maximum absolute atomic E-state index is 5.92. The van der Waals surface area contributed by atoms with Gasteiger partial charge in [0.15, 0.2) is 0 Å². The normalized spacial score (nSPS) is 10.5. The van der Waals surface area contributed by atoms with Gasteiger partial charge in [-0.05, 0) is 38.2 Å². The van der Waals surface area contributed by atoms with Gasteiger partial charge in [-0.25, -0.2) is 4.68 Å². The zero-order valence-corrected chi connectivity index (χ0v) is 11.7. The molecule has 19 heavy (non-hydrogen) atoms. The second kappa shape index (κ2) is 5.75. The fourth-order valence-corrected chi connectivity index (χ4v) is 1.94. The van der Waals surface area contributed by atoms with Gasteiger partial charge >= 0.3 is 0 Å². The molecule has 0 amide bonds. The smallest absolute Gasteiger partial charge is 0.222 e. The van der Waals surface area contributed by atoms with Crippen molar-refractivity contribution in [1.82, 2.24) is 15.1 Å². The molecule has 102 valence electrons. The summed E-state index contributed by atoms with van der Waals surface area (Å²) in [6.45, 7) is 2.71. The molecule has 0 aliphatic rings. The summed E-state index contributed by atoms with van der Waals surface area (Å²) >= 11 is 0. The van der Waals surface area contributed by atoms with Crippen molar-refractivity contribution in [3.05, 3.63) is 35.5 Å². The Balaban J connectivity index is 2.26. The van der Waals surface area contributed by atoms with E-state index in [0.717, 1.165) is 35.2 Å². The number of aryl methyl sites for hydroxylation is 2. The number of ether oxygens (including phenoxy) is 2. The molecule has 1 heterocycles. The van der Waals surface area contributed by atoms with Gasteiger partial charge in [0, 0.05) is 13.6 Å². The third kappa shape index (κ3) is 2.88. The standard InChI is InChI=1S/C14H19N3O2/c1-10-13(9-15-2)14(17(3)16-10)19-12-7-5-11(18-4)6-8-12/h5-8,15H,9H2,1-4H3. The largest absolute Gasteiger partial charge is 0.497 e. The van der Waals surface area contributed by atoms with Crippen LogP contribution in [-0.2, 0) is 13.6 Å². The van der Waals surface area contributed by atoms with E-state index in [-0.39, 0.29) is 0 Å². The summed E-state index contributed by atoms with van der Waals surface area (Å²) in [5, 5.41) is 7.52. The molecule has 0 atom stereocenters. The summed E-state index contributed by atoms with van der Waals surface area (Å²) in [4.78, 5) is 0. The lowest BCUT2D eigenvalue weighted by Crippen LogP contribution is -2.07. The van der Waals surface area contributed by atoms with Crippen molar-refractivity contribution in [2.45, 2.75) is 13.5 Å². The van der Waals surface area contributed by atoms with Crippen LogP contribution in [0.2, 0.25) is 0 Å². The van der Waals surface area contributed by atoms with Crippen molar-refractivity contribution in [3.8, 4) is 17.4 Å². The molecule has 2 rings (SSSR count). The number of nitrogens with one attached hydrogen (secondary N) is 1. The minimum absolute atomic E-state index is 0.727. The second-order valence-corrected chi connectivity index (χ2v) is 4.30. The third-order valence-electron chi connectivity index (χ3n) is 2.92. The molecule has 0 saturated carbocycles. The minimum Gasteiger partial charge on any atom is -0.497 e. The molecule has 5 heteroatoms. The summed E-state index contributed by atoms with van der Waals surface area (Å²) in [5.41, 5.74) is 2.04. The van der Waals surface area contributed by atoms with Gasteiger partial charge in [-0.2, -0.15) is 5.10 Å². The van der Waals surface area contributed by atoms with Crippen LogP contribution in [0.5, 0.6) is 17.4 Å². The lowest BCUT2D eigenvalue weighted by atomic mass is 10.2. The van der Waals surface area contributed by atoms with Crippen LogP contribution >= 0.6 is 0 Å². The predicted molar refractivity (Wildman–Crippen MR) is 73.8 cm³/mol. The van der Waals surface area contributed by atoms with E-state index in [1.165, 1.54) is 0 Å². The highest BCUT2D eigenvalue weighted by molar-refractivity contribution is 5.37. The molecular formula is C14H19N3O2. The second-order valence-electron chi connectivity index (χ2n) is 4.30. The Labute approximate surface area is 113 Å². The van der Waals surface area contributed by atoms with Crippen molar-refractivity contribution in [1.29, 1.82) is 0 Å². The highest BCUT2D eigenvalue weighted by Crippen LogP contribution is 2.28. The van der Waals surface area contributed by atoms with E-state index >= 15 is 0 Å². The lowest BCUT2D eigenvalue weighted by Gasteiger charge is -2.09. The zero-order valence-electron chi connectivity index (χ0n) is 11.7. The Morgan fingerprint density at radius 2 is 1.84 bits per heavy atom. The van der Waals surface area contributed by atoms with E-state index in [1.54, 1.807) is 11.8 Å². The van der Waals surface area contributed by atoms with Crippen molar-refractivity contribution in [2.24, 2.45) is 7.05 Å².